The molecule has 1 saturated heterocycles. The summed E-state index contributed by atoms with van der Waals surface area (Å²) in [6.07, 6.45) is 2.52. The van der Waals surface area contributed by atoms with Gasteiger partial charge in [0.1, 0.15) is 5.92 Å². The first-order valence-electron chi connectivity index (χ1n) is 7.77. The van der Waals surface area contributed by atoms with Crippen molar-refractivity contribution in [3.05, 3.63) is 29.8 Å². The van der Waals surface area contributed by atoms with Gasteiger partial charge in [-0.15, -0.1) is 12.4 Å². The summed E-state index contributed by atoms with van der Waals surface area (Å²) in [7, 11) is 0. The van der Waals surface area contributed by atoms with Crippen LogP contribution < -0.4 is 16.0 Å². The monoisotopic (exact) mass is 359 g/mol. The number of amides is 2. The molecule has 1 saturated carbocycles. The molecule has 0 spiro atoms. The fourth-order valence-corrected chi connectivity index (χ4v) is 2.87. The molecule has 1 aromatic carbocycles. The van der Waals surface area contributed by atoms with Gasteiger partial charge in [0.2, 0.25) is 11.8 Å². The Bertz CT molecular complexity index is 640. The predicted molar refractivity (Wildman–Crippen MR) is 87.8 cm³/mol. The van der Waals surface area contributed by atoms with Crippen LogP contribution in [0.3, 0.4) is 0 Å². The van der Waals surface area contributed by atoms with Crippen molar-refractivity contribution in [1.29, 1.82) is 0 Å². The average Bonchev–Trinajstić information content (AvgIpc) is 3.30. The van der Waals surface area contributed by atoms with E-state index in [1.54, 1.807) is 0 Å². The molecule has 1 aromatic rings. The second-order valence-corrected chi connectivity index (χ2v) is 6.18. The summed E-state index contributed by atoms with van der Waals surface area (Å²) in [5.74, 6) is -3.06. The van der Waals surface area contributed by atoms with Crippen LogP contribution in [0.2, 0.25) is 0 Å². The molecule has 5 nitrogen and oxygen atoms in total. The first-order valence-corrected chi connectivity index (χ1v) is 7.77. The molecule has 1 aliphatic heterocycles. The third kappa shape index (κ3) is 3.84. The normalized spacial score (nSPS) is 21.4. The number of benzene rings is 1. The van der Waals surface area contributed by atoms with Crippen molar-refractivity contribution in [3.63, 3.8) is 0 Å². The third-order valence-electron chi connectivity index (χ3n) is 4.48. The standard InChI is InChI=1S/C16H19F2N3O2.ClH/c17-12-4-3-10(7-13(12)18)21-6-5-11(16(21)23)15(22)20-8-14(19)9-1-2-9;/h3-4,7,9,11,14H,1-2,5-6,8,19H2,(H,20,22);1H. The lowest BCUT2D eigenvalue weighted by molar-refractivity contribution is -0.132. The maximum Gasteiger partial charge on any atom is 0.239 e. The van der Waals surface area contributed by atoms with Crippen molar-refractivity contribution in [1.82, 2.24) is 5.32 Å². The maximum atomic E-state index is 13.3. The summed E-state index contributed by atoms with van der Waals surface area (Å²) in [6.45, 7) is 0.662. The Hall–Kier alpha value is -1.73. The van der Waals surface area contributed by atoms with E-state index in [1.807, 2.05) is 0 Å². The van der Waals surface area contributed by atoms with Crippen molar-refractivity contribution in [2.75, 3.05) is 18.0 Å². The molecule has 1 aliphatic carbocycles. The number of nitrogens with one attached hydrogen (secondary N) is 1. The van der Waals surface area contributed by atoms with Crippen LogP contribution in [-0.2, 0) is 9.59 Å². The van der Waals surface area contributed by atoms with Gasteiger partial charge in [0.15, 0.2) is 11.6 Å². The first kappa shape index (κ1) is 18.6. The number of anilines is 1. The Kier molecular flexibility index (Phi) is 5.77. The molecule has 3 N–H and O–H groups in total. The number of carbonyl (C=O) groups excluding carboxylic acids is 2. The van der Waals surface area contributed by atoms with E-state index in [0.717, 1.165) is 25.0 Å². The molecule has 2 unspecified atom stereocenters. The maximum absolute atomic E-state index is 13.3. The van der Waals surface area contributed by atoms with E-state index >= 15 is 0 Å². The van der Waals surface area contributed by atoms with Crippen LogP contribution in [0, 0.1) is 23.5 Å². The summed E-state index contributed by atoms with van der Waals surface area (Å²) in [5, 5.41) is 2.72. The lowest BCUT2D eigenvalue weighted by Gasteiger charge is -2.17. The van der Waals surface area contributed by atoms with Crippen LogP contribution in [0.4, 0.5) is 14.5 Å². The Morgan fingerprint density at radius 3 is 2.62 bits per heavy atom. The van der Waals surface area contributed by atoms with Crippen molar-refractivity contribution in [2.24, 2.45) is 17.6 Å². The molecule has 2 atom stereocenters. The highest BCUT2D eigenvalue weighted by Crippen LogP contribution is 2.31. The van der Waals surface area contributed by atoms with Gasteiger partial charge in [0.05, 0.1) is 0 Å². The van der Waals surface area contributed by atoms with Crippen LogP contribution >= 0.6 is 12.4 Å². The van der Waals surface area contributed by atoms with Crippen LogP contribution in [0.5, 0.6) is 0 Å². The van der Waals surface area contributed by atoms with Crippen LogP contribution in [0.25, 0.3) is 0 Å². The SMILES string of the molecule is Cl.NC(CNC(=O)C1CCN(c2ccc(F)c(F)c2)C1=O)C1CC1. The van der Waals surface area contributed by atoms with Gasteiger partial charge in [0, 0.05) is 30.9 Å². The molecule has 2 fully saturated rings. The summed E-state index contributed by atoms with van der Waals surface area (Å²) in [6, 6.07) is 3.20. The summed E-state index contributed by atoms with van der Waals surface area (Å²) in [4.78, 5) is 25.8. The van der Waals surface area contributed by atoms with Crippen LogP contribution in [0.15, 0.2) is 18.2 Å². The zero-order chi connectivity index (χ0) is 16.6. The summed E-state index contributed by atoms with van der Waals surface area (Å²) < 4.78 is 26.3. The molecule has 0 bridgehead atoms. The Labute approximate surface area is 145 Å². The second-order valence-electron chi connectivity index (χ2n) is 6.18. The fourth-order valence-electron chi connectivity index (χ4n) is 2.87. The topological polar surface area (TPSA) is 75.4 Å². The minimum Gasteiger partial charge on any atom is -0.354 e. The average molecular weight is 360 g/mol. The molecule has 3 rings (SSSR count). The molecule has 1 heterocycles. The van der Waals surface area contributed by atoms with E-state index in [1.165, 1.54) is 11.0 Å². The van der Waals surface area contributed by atoms with E-state index in [4.69, 9.17) is 5.73 Å². The Balaban J connectivity index is 0.00000208. The number of carbonyl (C=O) groups is 2. The number of hydrogen-bond acceptors (Lipinski definition) is 3. The van der Waals surface area contributed by atoms with E-state index in [9.17, 15) is 18.4 Å². The number of nitrogens with two attached hydrogens (primary N) is 1. The summed E-state index contributed by atoms with van der Waals surface area (Å²) in [5.41, 5.74) is 6.19. The van der Waals surface area contributed by atoms with E-state index in [0.29, 0.717) is 25.4 Å². The van der Waals surface area contributed by atoms with Crippen LogP contribution in [0.1, 0.15) is 19.3 Å². The highest BCUT2D eigenvalue weighted by molar-refractivity contribution is 6.09. The molecule has 2 aliphatic rings. The number of halogens is 3. The predicted octanol–water partition coefficient (Wildman–Crippen LogP) is 1.59. The van der Waals surface area contributed by atoms with Crippen molar-refractivity contribution in [3.8, 4) is 0 Å². The Morgan fingerprint density at radius 1 is 1.29 bits per heavy atom. The molecule has 0 aromatic heterocycles. The van der Waals surface area contributed by atoms with E-state index < -0.39 is 23.5 Å². The molecule has 132 valence electrons. The number of rotatable bonds is 5. The minimum atomic E-state index is -1.02. The lowest BCUT2D eigenvalue weighted by Crippen LogP contribution is -2.43. The molecular weight excluding hydrogens is 340 g/mol. The van der Waals surface area contributed by atoms with Gasteiger partial charge in [0.25, 0.3) is 0 Å². The zero-order valence-electron chi connectivity index (χ0n) is 13.0. The largest absolute Gasteiger partial charge is 0.354 e. The minimum absolute atomic E-state index is 0. The van der Waals surface area contributed by atoms with Crippen molar-refractivity contribution >= 4 is 29.9 Å². The van der Waals surface area contributed by atoms with Gasteiger partial charge in [-0.05, 0) is 37.3 Å². The zero-order valence-corrected chi connectivity index (χ0v) is 13.8. The molecule has 8 heteroatoms. The van der Waals surface area contributed by atoms with Gasteiger partial charge in [-0.25, -0.2) is 8.78 Å². The van der Waals surface area contributed by atoms with Crippen molar-refractivity contribution < 1.29 is 18.4 Å². The quantitative estimate of drug-likeness (QED) is 0.784. The van der Waals surface area contributed by atoms with Crippen LogP contribution in [-0.4, -0.2) is 30.9 Å². The van der Waals surface area contributed by atoms with Gasteiger partial charge in [-0.3, -0.25) is 9.59 Å². The highest BCUT2D eigenvalue weighted by Gasteiger charge is 2.38. The van der Waals surface area contributed by atoms with Crippen molar-refractivity contribution in [2.45, 2.75) is 25.3 Å². The first-order chi connectivity index (χ1) is 11.0. The smallest absolute Gasteiger partial charge is 0.239 e. The number of nitrogens with zero attached hydrogens (tertiary/aromatic N) is 1. The fraction of sp³-hybridized carbons (Fsp3) is 0.500. The Morgan fingerprint density at radius 2 is 2.00 bits per heavy atom. The molecule has 0 radical (unpaired) electrons. The van der Waals surface area contributed by atoms with E-state index in [-0.39, 0.29) is 30.0 Å². The van der Waals surface area contributed by atoms with Gasteiger partial charge < -0.3 is 16.0 Å². The van der Waals surface area contributed by atoms with Gasteiger partial charge in [-0.2, -0.15) is 0 Å². The number of hydrogen-bond donors (Lipinski definition) is 2. The highest BCUT2D eigenvalue weighted by atomic mass is 35.5. The summed E-state index contributed by atoms with van der Waals surface area (Å²) >= 11 is 0. The van der Waals surface area contributed by atoms with E-state index in [2.05, 4.69) is 5.32 Å². The molecular formula is C16H20ClF2N3O2. The second kappa shape index (κ2) is 7.44. The molecule has 2 amide bonds. The molecule has 24 heavy (non-hydrogen) atoms. The van der Waals surface area contributed by atoms with Gasteiger partial charge in [-0.1, -0.05) is 0 Å². The third-order valence-corrected chi connectivity index (χ3v) is 4.48. The lowest BCUT2D eigenvalue weighted by atomic mass is 10.1. The van der Waals surface area contributed by atoms with Gasteiger partial charge >= 0.3 is 0 Å².